The number of carboxylic acid groups (broad SMARTS) is 1. The van der Waals surface area contributed by atoms with Crippen molar-refractivity contribution in [1.82, 2.24) is 10.6 Å². The number of aliphatic carboxylic acids is 1. The van der Waals surface area contributed by atoms with Crippen LogP contribution in [0.15, 0.2) is 30.0 Å². The van der Waals surface area contributed by atoms with Gasteiger partial charge in [-0.25, -0.2) is 30.0 Å². The Morgan fingerprint density at radius 2 is 1.04 bits per heavy atom. The van der Waals surface area contributed by atoms with E-state index in [2.05, 4.69) is 85.2 Å². The number of carboxylic acids is 1. The molecule has 0 aromatic heterocycles. The topological polar surface area (TPSA) is 306 Å². The highest BCUT2D eigenvalue weighted by Gasteiger charge is 2.37. The molecule has 4 rings (SSSR count). The van der Waals surface area contributed by atoms with Gasteiger partial charge >= 0.3 is 19.5 Å². The second-order valence-electron chi connectivity index (χ2n) is 16.8. The number of thiol groups is 1. The number of ether oxygens (including phenoxy) is 7. The lowest BCUT2D eigenvalue weighted by Gasteiger charge is -2.30. The van der Waals surface area contributed by atoms with Crippen molar-refractivity contribution in [3.63, 3.8) is 0 Å². The number of hydrogen-bond acceptors (Lipinski definition) is 20. The molecule has 0 saturated carbocycles. The van der Waals surface area contributed by atoms with E-state index in [9.17, 15) is 32.1 Å². The largest absolute Gasteiger partial charge is 1.00 e. The van der Waals surface area contributed by atoms with Crippen LogP contribution in [0.25, 0.3) is 0 Å². The Balaban J connectivity index is -0.000000186. The first-order valence-corrected chi connectivity index (χ1v) is 24.1. The summed E-state index contributed by atoms with van der Waals surface area (Å²) in [4.78, 5) is 68.2. The summed E-state index contributed by atoms with van der Waals surface area (Å²) >= 11 is 7.14. The summed E-state index contributed by atoms with van der Waals surface area (Å²) in [5, 5.41) is 14.0. The summed E-state index contributed by atoms with van der Waals surface area (Å²) < 4.78 is 66.7. The maximum Gasteiger partial charge on any atom is 0.762 e. The number of hydrogen-bond donors (Lipinski definition) is 6. The normalized spacial score (nSPS) is 24.9. The number of methoxy groups -OCH3 is 7. The van der Waals surface area contributed by atoms with Crippen LogP contribution < -0.4 is 26.8 Å². The van der Waals surface area contributed by atoms with E-state index in [-0.39, 0.29) is 82.4 Å². The van der Waals surface area contributed by atoms with Crippen molar-refractivity contribution in [3.8, 4) is 0 Å². The van der Waals surface area contributed by atoms with Crippen LogP contribution in [0.1, 0.15) is 82.6 Å². The molecule has 7 N–H and O–H groups in total. The van der Waals surface area contributed by atoms with E-state index in [0.29, 0.717) is 40.7 Å². The highest BCUT2D eigenvalue weighted by Crippen LogP contribution is 2.25. The van der Waals surface area contributed by atoms with Crippen molar-refractivity contribution in [2.75, 3.05) is 82.2 Å². The minimum atomic E-state index is -3.67. The molecule has 440 valence electrons. The van der Waals surface area contributed by atoms with Gasteiger partial charge in [-0.05, 0) is 75.7 Å². The number of rotatable bonds is 5. The number of carbonyl (C=O) groups is 4. The third-order valence-corrected chi connectivity index (χ3v) is 11.1. The summed E-state index contributed by atoms with van der Waals surface area (Å²) in [6.07, 6.45) is 0.846. The number of nitrogens with zero attached hydrogens (tertiary/aromatic N) is 6. The first-order chi connectivity index (χ1) is 33.6. The zero-order valence-corrected chi connectivity index (χ0v) is 50.5. The van der Waals surface area contributed by atoms with E-state index in [1.54, 1.807) is 63.4 Å². The summed E-state index contributed by atoms with van der Waals surface area (Å²) in [6, 6.07) is -1.43. The lowest BCUT2D eigenvalue weighted by Crippen LogP contribution is -3.00. The fraction of sp³-hybridized carbons (Fsp3) is 0.773. The molecule has 0 aliphatic carbocycles. The molecule has 2 amide bonds. The van der Waals surface area contributed by atoms with Crippen molar-refractivity contribution >= 4 is 108 Å². The first kappa shape index (κ1) is 81.8. The monoisotopic (exact) mass is 1190 g/mol. The van der Waals surface area contributed by atoms with Gasteiger partial charge in [0.2, 0.25) is 47.2 Å². The fourth-order valence-corrected chi connectivity index (χ4v) is 5.52. The van der Waals surface area contributed by atoms with E-state index in [1.807, 2.05) is 62.9 Å². The quantitative estimate of drug-likeness (QED) is 0.0562. The number of piperazine rings is 1. The van der Waals surface area contributed by atoms with Crippen molar-refractivity contribution in [2.45, 2.75) is 141 Å². The number of nitrogens with two attached hydrogens (primary N) is 2. The third-order valence-electron chi connectivity index (χ3n) is 9.39. The maximum atomic E-state index is 10.8. The highest BCUT2D eigenvalue weighted by atomic mass is 79.9. The standard InChI is InChI=1S/C10H18N2O2.C9H15BrN2O2.C8H14N2O2.C6H10N2O2.C4H9NO2S.C4H9NO2.C3H9O.BF3.ClH.FH/c1-6-10(3)9(14-5)11-7(2)8(12-10)13-4;1-6-7(13-3)12-9(2,5-10)8(11-6)14-4;1-5-7(11-3)10-6(2)8(9-5)12-4;1-3-5(9)8-4(2)6(10)7-3;1-4(5,2-8)3(6)7;1-3(5)4(6)7-2;1-4(2)3;2-1(3)4;;/h7H,6H2,1-5H3;6H,5H2,1-4H3;5-6H,1-4H3;3-4H,1-2H3,(H,7,10)(H,8,9);8H,2,5H2,1H3,(H,6,7);3H,5H2,1-2H3;1-3H3;;2*1H/q;;;;;;+1;;;/p-1/t7-,10+;6-,9+;5-,6-;3-,4-;4-;3-;;;;/m000010..../s1. The molecule has 0 aromatic carbocycles. The number of aliphatic imine (C=N–C) groups is 6. The number of halogens is 6. The molecule has 0 bridgehead atoms. The van der Waals surface area contributed by atoms with Gasteiger partial charge in [0, 0.05) is 11.1 Å². The summed E-state index contributed by atoms with van der Waals surface area (Å²) in [5.74, 6) is 2.51. The van der Waals surface area contributed by atoms with Gasteiger partial charge in [-0.15, -0.1) is 12.4 Å². The van der Waals surface area contributed by atoms with Crippen LogP contribution >= 0.6 is 41.0 Å². The second-order valence-corrected chi connectivity index (χ2v) is 17.7. The van der Waals surface area contributed by atoms with Crippen LogP contribution in [-0.4, -0.2) is 213 Å². The van der Waals surface area contributed by atoms with Crippen molar-refractivity contribution in [3.05, 3.63) is 0 Å². The van der Waals surface area contributed by atoms with Gasteiger partial charge in [-0.2, -0.15) is 12.6 Å². The van der Waals surface area contributed by atoms with Gasteiger partial charge < -0.3 is 69.4 Å². The molecule has 0 spiro atoms. The van der Waals surface area contributed by atoms with Gasteiger partial charge in [-0.3, -0.25) is 32.1 Å². The SMILES string of the molecule is CC[C@@]1(C)N=C(OC)[C@H](C)N=C1OC.COC(=O)[C@H](C)N.COC1=N[C@@H](C)C(OC)=N[C@H]1C.COC1=N[C@](C)(CBr)C(OC)=N[C@H]1C.C[C@@H]1NC(=O)[C@H](C)NC1=O.C[C@@](N)(CS)C(=O)O.C[O+](C)C.Cl.FB(F)F.[F-]. The number of esters is 1. The van der Waals surface area contributed by atoms with Crippen molar-refractivity contribution in [1.29, 1.82) is 0 Å². The van der Waals surface area contributed by atoms with Crippen LogP contribution in [0.2, 0.25) is 0 Å². The van der Waals surface area contributed by atoms with E-state index in [1.165, 1.54) is 14.0 Å². The Bertz CT molecular complexity index is 1770. The Morgan fingerprint density at radius 1 is 0.747 bits per heavy atom. The maximum absolute atomic E-state index is 10.8. The molecule has 0 aromatic rings. The van der Waals surface area contributed by atoms with Crippen LogP contribution in [0.3, 0.4) is 0 Å². The van der Waals surface area contributed by atoms with Gasteiger partial charge in [0.05, 0.1) is 49.8 Å². The lowest BCUT2D eigenvalue weighted by atomic mass is 9.97. The van der Waals surface area contributed by atoms with E-state index in [4.69, 9.17) is 45.0 Å². The predicted molar refractivity (Wildman–Crippen MR) is 296 cm³/mol. The van der Waals surface area contributed by atoms with Crippen molar-refractivity contribution in [2.24, 2.45) is 41.4 Å². The molecule has 0 unspecified atom stereocenters. The summed E-state index contributed by atoms with van der Waals surface area (Å²) in [7, 11) is 13.1. The van der Waals surface area contributed by atoms with Crippen LogP contribution in [-0.2, 0) is 56.7 Å². The average Bonchev–Trinajstić information content (AvgIpc) is 3.32. The molecule has 31 heteroatoms. The fourth-order valence-electron chi connectivity index (χ4n) is 5.02. The first-order valence-electron chi connectivity index (χ1n) is 22.4. The zero-order valence-electron chi connectivity index (χ0n) is 47.2. The number of alkyl halides is 1. The predicted octanol–water partition coefficient (Wildman–Crippen LogP) is 1.11. The molecule has 10 atom stereocenters. The van der Waals surface area contributed by atoms with E-state index in [0.717, 1.165) is 6.42 Å². The number of nitrogens with one attached hydrogen (secondary N) is 2. The van der Waals surface area contributed by atoms with Gasteiger partial charge in [0.25, 0.3) is 0 Å². The van der Waals surface area contributed by atoms with E-state index >= 15 is 0 Å². The molecule has 0 radical (unpaired) electrons. The number of amides is 2. The van der Waals surface area contributed by atoms with E-state index < -0.39 is 30.6 Å². The van der Waals surface area contributed by atoms with Crippen molar-refractivity contribution < 1.29 is 79.5 Å². The van der Waals surface area contributed by atoms with Crippen LogP contribution in [0.5, 0.6) is 0 Å². The Hall–Kier alpha value is -4.52. The summed E-state index contributed by atoms with van der Waals surface area (Å²) in [6.45, 7) is 20.0. The van der Waals surface area contributed by atoms with Crippen LogP contribution in [0, 0.1) is 0 Å². The zero-order chi connectivity index (χ0) is 58.2. The summed E-state index contributed by atoms with van der Waals surface area (Å²) in [5.41, 5.74) is 8.26. The second kappa shape index (κ2) is 41.6. The smallest absolute Gasteiger partial charge is 0.762 e. The van der Waals surface area contributed by atoms with Crippen LogP contribution in [0.4, 0.5) is 12.9 Å². The molecule has 1 fully saturated rings. The number of carbonyl (C=O) groups excluding carboxylic acids is 3. The van der Waals surface area contributed by atoms with Gasteiger partial charge in [-0.1, -0.05) is 22.9 Å². The molecule has 4 aliphatic rings. The average molecular weight is 1200 g/mol. The molecule has 75 heavy (non-hydrogen) atoms. The molecular formula is C44H85BBrClF4N10O13S. The molecule has 4 aliphatic heterocycles. The Kier molecular flexibility index (Phi) is 45.4. The molecule has 4 heterocycles. The minimum absolute atomic E-state index is 0. The van der Waals surface area contributed by atoms with Gasteiger partial charge in [0.15, 0.2) is 0 Å². The third kappa shape index (κ3) is 32.6. The highest BCUT2D eigenvalue weighted by molar-refractivity contribution is 9.09. The van der Waals surface area contributed by atoms with Gasteiger partial charge in [0.1, 0.15) is 80.2 Å². The molecule has 23 nitrogen and oxygen atoms in total. The molecular weight excluding hydrogens is 1110 g/mol. The Morgan fingerprint density at radius 3 is 1.24 bits per heavy atom. The minimum Gasteiger partial charge on any atom is -1.00 e. The Labute approximate surface area is 461 Å². The lowest BCUT2D eigenvalue weighted by molar-refractivity contribution is -0.142. The molecule has 1 saturated heterocycles.